The van der Waals surface area contributed by atoms with E-state index in [9.17, 15) is 9.59 Å². The summed E-state index contributed by atoms with van der Waals surface area (Å²) < 4.78 is 17.4. The number of esters is 2. The van der Waals surface area contributed by atoms with E-state index >= 15 is 0 Å². The lowest BCUT2D eigenvalue weighted by Crippen LogP contribution is -2.30. The van der Waals surface area contributed by atoms with Gasteiger partial charge in [-0.2, -0.15) is 0 Å². The van der Waals surface area contributed by atoms with Gasteiger partial charge in [0.15, 0.2) is 6.10 Å². The molecule has 0 heterocycles. The number of hydrogen-bond acceptors (Lipinski definition) is 5. The van der Waals surface area contributed by atoms with Crippen LogP contribution in [0.2, 0.25) is 0 Å². The van der Waals surface area contributed by atoms with Gasteiger partial charge in [0.2, 0.25) is 0 Å². The van der Waals surface area contributed by atoms with E-state index in [0.717, 1.165) is 64.2 Å². The van der Waals surface area contributed by atoms with Crippen LogP contribution in [0, 0.1) is 0 Å². The van der Waals surface area contributed by atoms with Crippen LogP contribution in [0.3, 0.4) is 0 Å². The van der Waals surface area contributed by atoms with E-state index in [1.54, 1.807) is 0 Å². The first kappa shape index (κ1) is 57.9. The summed E-state index contributed by atoms with van der Waals surface area (Å²) in [6.07, 6.45) is 62.6. The standard InChI is InChI=1S/C55H100O5/c1-4-7-10-13-16-19-22-25-27-28-29-31-33-36-39-42-45-48-54(56)59-52-53(51-58-50-47-44-41-38-35-32-26-23-20-17-14-11-8-5-2)60-55(57)49-46-43-40-37-34-30-24-21-18-15-12-9-6-3/h11-12,14-15,20-21,23-24,53H,4-10,13,16-19,22,25-52H2,1-3H3/b14-11-,15-12-,23-20-,24-21-. The van der Waals surface area contributed by atoms with Crippen LogP contribution in [0.1, 0.15) is 265 Å². The Hall–Kier alpha value is -2.14. The quantitative estimate of drug-likeness (QED) is 0.0347. The molecule has 0 radical (unpaired) electrons. The largest absolute Gasteiger partial charge is 0.462 e. The molecule has 5 heteroatoms. The SMILES string of the molecule is CCC/C=C\C/C=C\CCCCCCCCOCC(COC(=O)CCCCCCCCCCCCCCCCCCC)OC(=O)CCCCCCC/C=C\C/C=C\CCC. The average Bonchev–Trinajstić information content (AvgIpc) is 3.25. The molecule has 1 atom stereocenters. The van der Waals surface area contributed by atoms with Crippen LogP contribution in [0.5, 0.6) is 0 Å². The number of hydrogen-bond donors (Lipinski definition) is 0. The minimum absolute atomic E-state index is 0.0783. The lowest BCUT2D eigenvalue weighted by Gasteiger charge is -2.18. The number of ether oxygens (including phenoxy) is 3. The monoisotopic (exact) mass is 841 g/mol. The minimum Gasteiger partial charge on any atom is -0.462 e. The van der Waals surface area contributed by atoms with Crippen LogP contribution in [0.25, 0.3) is 0 Å². The summed E-state index contributed by atoms with van der Waals surface area (Å²) in [7, 11) is 0. The van der Waals surface area contributed by atoms with E-state index in [4.69, 9.17) is 14.2 Å². The van der Waals surface area contributed by atoms with Gasteiger partial charge in [0.25, 0.3) is 0 Å². The molecule has 0 saturated carbocycles. The Bertz CT molecular complexity index is 997. The van der Waals surface area contributed by atoms with Crippen molar-refractivity contribution < 1.29 is 23.8 Å². The molecule has 0 aromatic carbocycles. The lowest BCUT2D eigenvalue weighted by atomic mass is 10.0. The molecule has 0 N–H and O–H groups in total. The van der Waals surface area contributed by atoms with Crippen molar-refractivity contribution in [1.82, 2.24) is 0 Å². The van der Waals surface area contributed by atoms with Crippen LogP contribution in [-0.2, 0) is 23.8 Å². The van der Waals surface area contributed by atoms with Crippen LogP contribution in [-0.4, -0.2) is 37.9 Å². The Morgan fingerprint density at radius 3 is 1.17 bits per heavy atom. The maximum absolute atomic E-state index is 12.8. The van der Waals surface area contributed by atoms with Gasteiger partial charge in [0.05, 0.1) is 6.61 Å². The normalized spacial score (nSPS) is 12.5. The highest BCUT2D eigenvalue weighted by atomic mass is 16.6. The highest BCUT2D eigenvalue weighted by Gasteiger charge is 2.17. The van der Waals surface area contributed by atoms with Crippen LogP contribution in [0.15, 0.2) is 48.6 Å². The first-order chi connectivity index (χ1) is 29.6. The highest BCUT2D eigenvalue weighted by Crippen LogP contribution is 2.16. The number of carbonyl (C=O) groups is 2. The predicted molar refractivity (Wildman–Crippen MR) is 261 cm³/mol. The molecule has 0 bridgehead atoms. The molecule has 60 heavy (non-hydrogen) atoms. The molecule has 0 rings (SSSR count). The van der Waals surface area contributed by atoms with E-state index in [0.29, 0.717) is 19.4 Å². The second-order valence-corrected chi connectivity index (χ2v) is 17.4. The highest BCUT2D eigenvalue weighted by molar-refractivity contribution is 5.70. The van der Waals surface area contributed by atoms with Gasteiger partial charge in [-0.1, -0.05) is 230 Å². The number of allylic oxidation sites excluding steroid dienone is 8. The van der Waals surface area contributed by atoms with Crippen molar-refractivity contribution in [1.29, 1.82) is 0 Å². The Morgan fingerprint density at radius 1 is 0.367 bits per heavy atom. The van der Waals surface area contributed by atoms with Gasteiger partial charge in [0, 0.05) is 19.4 Å². The van der Waals surface area contributed by atoms with Crippen LogP contribution in [0.4, 0.5) is 0 Å². The molecule has 0 aromatic heterocycles. The third-order valence-electron chi connectivity index (χ3n) is 11.3. The second kappa shape index (κ2) is 51.2. The number of unbranched alkanes of at least 4 members (excludes halogenated alkanes) is 29. The third kappa shape index (κ3) is 48.5. The number of rotatable bonds is 48. The molecule has 5 nitrogen and oxygen atoms in total. The summed E-state index contributed by atoms with van der Waals surface area (Å²) in [6.45, 7) is 7.70. The molecule has 0 aliphatic heterocycles. The average molecular weight is 841 g/mol. The van der Waals surface area contributed by atoms with Crippen LogP contribution < -0.4 is 0 Å². The molecular formula is C55H100O5. The first-order valence-corrected chi connectivity index (χ1v) is 26.2. The van der Waals surface area contributed by atoms with Gasteiger partial charge < -0.3 is 14.2 Å². The van der Waals surface area contributed by atoms with Crippen molar-refractivity contribution in [3.05, 3.63) is 48.6 Å². The summed E-state index contributed by atoms with van der Waals surface area (Å²) >= 11 is 0. The van der Waals surface area contributed by atoms with Crippen molar-refractivity contribution in [3.8, 4) is 0 Å². The van der Waals surface area contributed by atoms with E-state index in [-0.39, 0.29) is 25.2 Å². The molecule has 0 spiro atoms. The second-order valence-electron chi connectivity index (χ2n) is 17.4. The molecule has 0 saturated heterocycles. The molecule has 0 amide bonds. The topological polar surface area (TPSA) is 61.8 Å². The predicted octanol–water partition coefficient (Wildman–Crippen LogP) is 17.6. The van der Waals surface area contributed by atoms with E-state index < -0.39 is 6.10 Å². The van der Waals surface area contributed by atoms with Gasteiger partial charge >= 0.3 is 11.9 Å². The zero-order chi connectivity index (χ0) is 43.5. The molecule has 0 aromatic rings. The summed E-state index contributed by atoms with van der Waals surface area (Å²) in [5.41, 5.74) is 0. The fraction of sp³-hybridized carbons (Fsp3) is 0.818. The van der Waals surface area contributed by atoms with Crippen molar-refractivity contribution >= 4 is 11.9 Å². The zero-order valence-electron chi connectivity index (χ0n) is 40.2. The van der Waals surface area contributed by atoms with E-state index in [2.05, 4.69) is 69.4 Å². The molecule has 1 unspecified atom stereocenters. The fourth-order valence-electron chi connectivity index (χ4n) is 7.41. The van der Waals surface area contributed by atoms with Crippen molar-refractivity contribution in [2.45, 2.75) is 271 Å². The molecule has 350 valence electrons. The Labute approximate surface area is 373 Å². The van der Waals surface area contributed by atoms with Crippen LogP contribution >= 0.6 is 0 Å². The van der Waals surface area contributed by atoms with Gasteiger partial charge in [-0.3, -0.25) is 9.59 Å². The Balaban J connectivity index is 4.24. The molecule has 0 aliphatic carbocycles. The molecule has 0 aliphatic rings. The maximum Gasteiger partial charge on any atom is 0.306 e. The fourth-order valence-corrected chi connectivity index (χ4v) is 7.41. The first-order valence-electron chi connectivity index (χ1n) is 26.2. The number of carbonyl (C=O) groups excluding carboxylic acids is 2. The summed E-state index contributed by atoms with van der Waals surface area (Å²) in [6, 6.07) is 0. The van der Waals surface area contributed by atoms with Gasteiger partial charge in [-0.15, -0.1) is 0 Å². The van der Waals surface area contributed by atoms with Crippen molar-refractivity contribution in [3.63, 3.8) is 0 Å². The molecular weight excluding hydrogens is 741 g/mol. The minimum atomic E-state index is -0.546. The van der Waals surface area contributed by atoms with Gasteiger partial charge in [0.1, 0.15) is 6.61 Å². The van der Waals surface area contributed by atoms with Gasteiger partial charge in [-0.05, 0) is 70.6 Å². The Morgan fingerprint density at radius 2 is 0.733 bits per heavy atom. The maximum atomic E-state index is 12.8. The third-order valence-corrected chi connectivity index (χ3v) is 11.3. The van der Waals surface area contributed by atoms with E-state index in [1.165, 1.54) is 167 Å². The summed E-state index contributed by atoms with van der Waals surface area (Å²) in [4.78, 5) is 25.4. The summed E-state index contributed by atoms with van der Waals surface area (Å²) in [5.74, 6) is -0.409. The smallest absolute Gasteiger partial charge is 0.306 e. The molecule has 0 fully saturated rings. The lowest BCUT2D eigenvalue weighted by molar-refractivity contribution is -0.163. The van der Waals surface area contributed by atoms with Gasteiger partial charge in [-0.25, -0.2) is 0 Å². The zero-order valence-corrected chi connectivity index (χ0v) is 40.2. The van der Waals surface area contributed by atoms with E-state index in [1.807, 2.05) is 0 Å². The van der Waals surface area contributed by atoms with Crippen molar-refractivity contribution in [2.24, 2.45) is 0 Å². The van der Waals surface area contributed by atoms with Crippen molar-refractivity contribution in [2.75, 3.05) is 19.8 Å². The Kier molecular flexibility index (Phi) is 49.4. The summed E-state index contributed by atoms with van der Waals surface area (Å²) in [5, 5.41) is 0.